The fourth-order valence-corrected chi connectivity index (χ4v) is 5.64. The van der Waals surface area contributed by atoms with Crippen LogP contribution in [0, 0.1) is 18.3 Å². The van der Waals surface area contributed by atoms with Gasteiger partial charge >= 0.3 is 12.2 Å². The van der Waals surface area contributed by atoms with Gasteiger partial charge in [0.15, 0.2) is 0 Å². The number of halogens is 3. The third-order valence-corrected chi connectivity index (χ3v) is 6.88. The largest absolute Gasteiger partial charge is 0.433 e. The van der Waals surface area contributed by atoms with Crippen molar-refractivity contribution in [3.8, 4) is 0 Å². The highest BCUT2D eigenvalue weighted by Crippen LogP contribution is 2.53. The molecule has 0 unspecified atom stereocenters. The Bertz CT molecular complexity index is 860. The number of aryl methyl sites for hydroxylation is 1. The summed E-state index contributed by atoms with van der Waals surface area (Å²) < 4.78 is 40.4. The predicted molar refractivity (Wildman–Crippen MR) is 95.8 cm³/mol. The van der Waals surface area contributed by atoms with Crippen LogP contribution in [0.1, 0.15) is 37.1 Å². The van der Waals surface area contributed by atoms with E-state index in [0.29, 0.717) is 38.3 Å². The van der Waals surface area contributed by atoms with Crippen LogP contribution < -0.4 is 5.32 Å². The second-order valence-corrected chi connectivity index (χ2v) is 9.45. The van der Waals surface area contributed by atoms with Crippen molar-refractivity contribution in [1.82, 2.24) is 24.9 Å². The SMILES string of the molecule is Cc1cc(C(F)(F)F)n(CC2CC3(C2)CN(C(=O)N2CC4(CCC(=O)N4)C2)C3)n1. The van der Waals surface area contributed by atoms with Crippen molar-refractivity contribution >= 4 is 11.9 Å². The third kappa shape index (κ3) is 3.07. The highest BCUT2D eigenvalue weighted by atomic mass is 19.4. The van der Waals surface area contributed by atoms with E-state index in [1.165, 1.54) is 0 Å². The minimum atomic E-state index is -4.39. The van der Waals surface area contributed by atoms with Crippen molar-refractivity contribution < 1.29 is 22.8 Å². The summed E-state index contributed by atoms with van der Waals surface area (Å²) in [6.07, 6.45) is -1.42. The van der Waals surface area contributed by atoms with Gasteiger partial charge in [0, 0.05) is 44.6 Å². The Morgan fingerprint density at radius 1 is 1.24 bits per heavy atom. The Morgan fingerprint density at radius 2 is 1.90 bits per heavy atom. The molecule has 3 aliphatic heterocycles. The summed E-state index contributed by atoms with van der Waals surface area (Å²) in [7, 11) is 0. The lowest BCUT2D eigenvalue weighted by Crippen LogP contribution is -2.73. The fourth-order valence-electron chi connectivity index (χ4n) is 5.64. The number of hydrogen-bond donors (Lipinski definition) is 1. The Balaban J connectivity index is 1.10. The number of urea groups is 1. The molecule has 4 heterocycles. The van der Waals surface area contributed by atoms with Gasteiger partial charge in [0.2, 0.25) is 5.91 Å². The van der Waals surface area contributed by atoms with Gasteiger partial charge in [-0.05, 0) is 38.2 Å². The topological polar surface area (TPSA) is 70.5 Å². The van der Waals surface area contributed by atoms with E-state index in [2.05, 4.69) is 10.4 Å². The number of nitrogens with one attached hydrogen (secondary N) is 1. The van der Waals surface area contributed by atoms with Gasteiger partial charge in [-0.2, -0.15) is 18.3 Å². The van der Waals surface area contributed by atoms with Crippen LogP contribution in [0.4, 0.5) is 18.0 Å². The molecule has 3 amide bonds. The van der Waals surface area contributed by atoms with E-state index in [-0.39, 0.29) is 35.4 Å². The molecule has 1 N–H and O–H groups in total. The van der Waals surface area contributed by atoms with Gasteiger partial charge < -0.3 is 15.1 Å². The molecule has 158 valence electrons. The Morgan fingerprint density at radius 3 is 2.48 bits per heavy atom. The second-order valence-electron chi connectivity index (χ2n) is 9.45. The summed E-state index contributed by atoms with van der Waals surface area (Å²) in [5, 5.41) is 6.98. The maximum absolute atomic E-state index is 13.1. The first-order chi connectivity index (χ1) is 13.6. The number of nitrogens with zero attached hydrogens (tertiary/aromatic N) is 4. The average molecular weight is 411 g/mol. The van der Waals surface area contributed by atoms with Crippen molar-refractivity contribution in [2.75, 3.05) is 26.2 Å². The molecule has 2 spiro atoms. The zero-order valence-electron chi connectivity index (χ0n) is 16.3. The first-order valence-corrected chi connectivity index (χ1v) is 10.0. The van der Waals surface area contributed by atoms with Crippen molar-refractivity contribution in [3.05, 3.63) is 17.5 Å². The van der Waals surface area contributed by atoms with Gasteiger partial charge in [0.25, 0.3) is 0 Å². The van der Waals surface area contributed by atoms with E-state index in [1.54, 1.807) is 11.8 Å². The quantitative estimate of drug-likeness (QED) is 0.810. The number of aromatic nitrogens is 2. The highest BCUT2D eigenvalue weighted by molar-refractivity contribution is 5.82. The normalized spacial score (nSPS) is 25.0. The summed E-state index contributed by atoms with van der Waals surface area (Å²) in [6.45, 7) is 4.32. The number of alkyl halides is 3. The maximum atomic E-state index is 13.1. The number of carbonyl (C=O) groups excluding carboxylic acids is 2. The lowest BCUT2D eigenvalue weighted by Gasteiger charge is -2.61. The fraction of sp³-hybridized carbons (Fsp3) is 0.737. The maximum Gasteiger partial charge on any atom is 0.433 e. The summed E-state index contributed by atoms with van der Waals surface area (Å²) >= 11 is 0. The predicted octanol–water partition coefficient (Wildman–Crippen LogP) is 2.01. The number of rotatable bonds is 2. The molecule has 0 radical (unpaired) electrons. The molecule has 0 atom stereocenters. The Kier molecular flexibility index (Phi) is 3.80. The Labute approximate surface area is 166 Å². The van der Waals surface area contributed by atoms with Crippen molar-refractivity contribution in [1.29, 1.82) is 0 Å². The average Bonchev–Trinajstić information content (AvgIpc) is 3.09. The van der Waals surface area contributed by atoms with Crippen LogP contribution >= 0.6 is 0 Å². The number of carbonyl (C=O) groups is 2. The van der Waals surface area contributed by atoms with E-state index in [1.807, 2.05) is 4.90 Å². The van der Waals surface area contributed by atoms with Crippen LogP contribution in [0.25, 0.3) is 0 Å². The van der Waals surface area contributed by atoms with Crippen LogP contribution in [0.3, 0.4) is 0 Å². The van der Waals surface area contributed by atoms with E-state index in [9.17, 15) is 22.8 Å². The van der Waals surface area contributed by atoms with Gasteiger partial charge in [-0.3, -0.25) is 9.48 Å². The molecule has 10 heteroatoms. The van der Waals surface area contributed by atoms with Crippen LogP contribution in [-0.2, 0) is 17.5 Å². The molecule has 1 aliphatic carbocycles. The number of amides is 3. The smallest absolute Gasteiger partial charge is 0.347 e. The first kappa shape index (κ1) is 18.7. The van der Waals surface area contributed by atoms with Gasteiger partial charge in [0.05, 0.1) is 11.2 Å². The number of likely N-dealkylation sites (tertiary alicyclic amines) is 2. The Hall–Kier alpha value is -2.26. The van der Waals surface area contributed by atoms with E-state index < -0.39 is 11.9 Å². The van der Waals surface area contributed by atoms with E-state index in [0.717, 1.165) is 30.0 Å². The summed E-state index contributed by atoms with van der Waals surface area (Å²) in [5.41, 5.74) is -0.468. The zero-order chi connectivity index (χ0) is 20.6. The number of hydrogen-bond acceptors (Lipinski definition) is 3. The van der Waals surface area contributed by atoms with Crippen molar-refractivity contribution in [2.24, 2.45) is 11.3 Å². The van der Waals surface area contributed by atoms with Crippen LogP contribution in [0.2, 0.25) is 0 Å². The van der Waals surface area contributed by atoms with E-state index in [4.69, 9.17) is 0 Å². The molecule has 3 saturated heterocycles. The summed E-state index contributed by atoms with van der Waals surface area (Å²) in [6, 6.07) is 1.10. The molecular formula is C19H24F3N5O2. The van der Waals surface area contributed by atoms with Crippen LogP contribution in [0.5, 0.6) is 0 Å². The molecule has 1 saturated carbocycles. The summed E-state index contributed by atoms with van der Waals surface area (Å²) in [5.74, 6) is 0.218. The van der Waals surface area contributed by atoms with Crippen molar-refractivity contribution in [2.45, 2.75) is 50.9 Å². The van der Waals surface area contributed by atoms with Gasteiger partial charge in [-0.1, -0.05) is 0 Å². The molecule has 7 nitrogen and oxygen atoms in total. The molecule has 0 aromatic carbocycles. The van der Waals surface area contributed by atoms with Crippen LogP contribution in [0.15, 0.2) is 6.07 Å². The van der Waals surface area contributed by atoms with E-state index >= 15 is 0 Å². The lowest BCUT2D eigenvalue weighted by atomic mass is 9.57. The van der Waals surface area contributed by atoms with Crippen molar-refractivity contribution in [3.63, 3.8) is 0 Å². The monoisotopic (exact) mass is 411 g/mol. The zero-order valence-corrected chi connectivity index (χ0v) is 16.3. The van der Waals surface area contributed by atoms with Gasteiger partial charge in [0.1, 0.15) is 5.69 Å². The molecular weight excluding hydrogens is 387 g/mol. The highest BCUT2D eigenvalue weighted by Gasteiger charge is 2.57. The molecule has 29 heavy (non-hydrogen) atoms. The standard InChI is InChI=1S/C19H24F3N5O2/c1-12-4-14(19(20,21)22)27(24-12)7-13-5-17(6-13)8-25(9-17)16(29)26-10-18(11-26)3-2-15(28)23-18/h4,13H,2-3,5-11H2,1H3,(H,23,28). The minimum Gasteiger partial charge on any atom is -0.347 e. The lowest BCUT2D eigenvalue weighted by molar-refractivity contribution is -0.146. The molecule has 1 aromatic heterocycles. The third-order valence-electron chi connectivity index (χ3n) is 6.88. The molecule has 4 fully saturated rings. The van der Waals surface area contributed by atoms with Gasteiger partial charge in [-0.15, -0.1) is 0 Å². The van der Waals surface area contributed by atoms with Crippen LogP contribution in [-0.4, -0.2) is 63.2 Å². The first-order valence-electron chi connectivity index (χ1n) is 10.0. The minimum absolute atomic E-state index is 0.00732. The van der Waals surface area contributed by atoms with Gasteiger partial charge in [-0.25, -0.2) is 4.79 Å². The second kappa shape index (κ2) is 5.89. The summed E-state index contributed by atoms with van der Waals surface area (Å²) in [4.78, 5) is 27.6. The molecule has 0 bridgehead atoms. The molecule has 1 aromatic rings. The molecule has 4 aliphatic rings. The molecule has 5 rings (SSSR count).